The van der Waals surface area contributed by atoms with Gasteiger partial charge in [-0.05, 0) is 85.5 Å². The number of thiol groups is 2. The van der Waals surface area contributed by atoms with Gasteiger partial charge < -0.3 is 5.11 Å². The first-order valence-corrected chi connectivity index (χ1v) is 12.2. The van der Waals surface area contributed by atoms with Gasteiger partial charge in [0, 0.05) is 17.4 Å². The molecule has 3 unspecified atom stereocenters. The van der Waals surface area contributed by atoms with Crippen molar-refractivity contribution in [3.05, 3.63) is 11.6 Å². The Balaban J connectivity index is 1.70. The van der Waals surface area contributed by atoms with Crippen molar-refractivity contribution < 1.29 is 9.90 Å². The molecule has 8 atom stereocenters. The molecule has 3 saturated carbocycles. The highest BCUT2D eigenvalue weighted by molar-refractivity contribution is 7.84. The monoisotopic (exact) mass is 408 g/mol. The number of carbonyl (C=O) groups is 1. The number of carbonyl (C=O) groups excluding carboxylic acids is 1. The number of fused-ring (bicyclic) bond motifs is 5. The van der Waals surface area contributed by atoms with Crippen molar-refractivity contribution in [2.24, 2.45) is 34.5 Å². The zero-order chi connectivity index (χ0) is 19.4. The van der Waals surface area contributed by atoms with Gasteiger partial charge in [0.1, 0.15) is 0 Å². The maximum absolute atomic E-state index is 12.2. The summed E-state index contributed by atoms with van der Waals surface area (Å²) in [5.74, 6) is 3.57. The molecule has 1 N–H and O–H groups in total. The lowest BCUT2D eigenvalue weighted by atomic mass is 9.46. The van der Waals surface area contributed by atoms with Crippen molar-refractivity contribution in [1.29, 1.82) is 0 Å². The van der Waals surface area contributed by atoms with E-state index in [9.17, 15) is 9.90 Å². The molecule has 0 aromatic rings. The summed E-state index contributed by atoms with van der Waals surface area (Å²) in [5.41, 5.74) is 1.68. The molecule has 0 saturated heterocycles. The SMILES string of the molecule is CCC1C[C@H]2[C@@H]3CCC4=CC(=O)CC[C@]4(CC(S)CS)[C@@H]3CC[C@]2(C)C1O. The van der Waals surface area contributed by atoms with Gasteiger partial charge in [-0.25, -0.2) is 0 Å². The van der Waals surface area contributed by atoms with E-state index in [1.807, 2.05) is 6.08 Å². The van der Waals surface area contributed by atoms with Crippen LogP contribution in [0.4, 0.5) is 0 Å². The van der Waals surface area contributed by atoms with Crippen LogP contribution in [-0.4, -0.2) is 28.0 Å². The minimum absolute atomic E-state index is 0.0959. The third-order valence-corrected chi connectivity index (χ3v) is 10.2. The molecule has 4 rings (SSSR count). The number of hydrogen-bond donors (Lipinski definition) is 3. The molecule has 0 bridgehead atoms. The fraction of sp³-hybridized carbons (Fsp3) is 0.870. The van der Waals surface area contributed by atoms with Crippen LogP contribution in [0.1, 0.15) is 71.6 Å². The molecule has 4 aliphatic rings. The number of allylic oxidation sites excluding steroid dienone is 1. The van der Waals surface area contributed by atoms with Crippen LogP contribution in [0.15, 0.2) is 11.6 Å². The molecule has 0 spiro atoms. The lowest BCUT2D eigenvalue weighted by Gasteiger charge is -2.59. The van der Waals surface area contributed by atoms with Gasteiger partial charge in [-0.3, -0.25) is 4.79 Å². The second-order valence-corrected chi connectivity index (χ2v) is 11.2. The van der Waals surface area contributed by atoms with Crippen molar-refractivity contribution in [1.82, 2.24) is 0 Å². The van der Waals surface area contributed by atoms with Crippen LogP contribution in [-0.2, 0) is 4.79 Å². The Kier molecular flexibility index (Phi) is 5.57. The second-order valence-electron chi connectivity index (χ2n) is 10.1. The predicted molar refractivity (Wildman–Crippen MR) is 117 cm³/mol. The number of aliphatic hydroxyl groups is 1. The van der Waals surface area contributed by atoms with E-state index in [0.717, 1.165) is 37.9 Å². The fourth-order valence-electron chi connectivity index (χ4n) is 7.77. The summed E-state index contributed by atoms with van der Waals surface area (Å²) in [5, 5.41) is 11.4. The summed E-state index contributed by atoms with van der Waals surface area (Å²) in [6.07, 6.45) is 11.5. The summed E-state index contributed by atoms with van der Waals surface area (Å²) in [7, 11) is 0. The molecule has 0 aromatic carbocycles. The largest absolute Gasteiger partial charge is 0.392 e. The highest BCUT2D eigenvalue weighted by atomic mass is 32.1. The summed E-state index contributed by atoms with van der Waals surface area (Å²) < 4.78 is 0. The van der Waals surface area contributed by atoms with E-state index in [1.165, 1.54) is 24.8 Å². The van der Waals surface area contributed by atoms with Crippen LogP contribution in [0, 0.1) is 34.5 Å². The third-order valence-electron chi connectivity index (χ3n) is 9.14. The molecule has 4 heteroatoms. The van der Waals surface area contributed by atoms with E-state index in [0.29, 0.717) is 35.9 Å². The van der Waals surface area contributed by atoms with Gasteiger partial charge in [0.15, 0.2) is 5.78 Å². The Labute approximate surface area is 175 Å². The molecule has 0 aliphatic heterocycles. The summed E-state index contributed by atoms with van der Waals surface area (Å²) in [6, 6.07) is 0. The second kappa shape index (κ2) is 7.40. The molecular weight excluding hydrogens is 372 g/mol. The van der Waals surface area contributed by atoms with Gasteiger partial charge in [-0.2, -0.15) is 25.3 Å². The van der Waals surface area contributed by atoms with E-state index in [1.54, 1.807) is 0 Å². The number of ketones is 1. The molecule has 152 valence electrons. The van der Waals surface area contributed by atoms with Crippen LogP contribution >= 0.6 is 25.3 Å². The highest BCUT2D eigenvalue weighted by Crippen LogP contribution is 2.67. The van der Waals surface area contributed by atoms with Gasteiger partial charge in [-0.1, -0.05) is 25.8 Å². The zero-order valence-corrected chi connectivity index (χ0v) is 18.7. The predicted octanol–water partition coefficient (Wildman–Crippen LogP) is 5.11. The fourth-order valence-corrected chi connectivity index (χ4v) is 8.23. The van der Waals surface area contributed by atoms with E-state index in [2.05, 4.69) is 26.5 Å². The maximum Gasteiger partial charge on any atom is 0.155 e. The lowest BCUT2D eigenvalue weighted by molar-refractivity contribution is -0.118. The molecule has 0 radical (unpaired) electrons. The standard InChI is InChI=1S/C23H36O2S2/c1-3-14-10-20-18-5-4-15-11-16(24)6-9-23(15,12-17(27)13-26)19(18)7-8-22(20,2)21(14)25/h11,14,17-21,25-27H,3-10,12-13H2,1-2H3/t14?,17?,18-,19-,20+,21?,22+,23-/m1/s1. The minimum Gasteiger partial charge on any atom is -0.392 e. The smallest absolute Gasteiger partial charge is 0.155 e. The third kappa shape index (κ3) is 3.08. The van der Waals surface area contributed by atoms with Crippen LogP contribution in [0.25, 0.3) is 0 Å². The van der Waals surface area contributed by atoms with Crippen molar-refractivity contribution in [2.75, 3.05) is 5.75 Å². The van der Waals surface area contributed by atoms with Crippen LogP contribution in [0.2, 0.25) is 0 Å². The van der Waals surface area contributed by atoms with Gasteiger partial charge in [0.25, 0.3) is 0 Å². The number of rotatable bonds is 4. The van der Waals surface area contributed by atoms with Gasteiger partial charge in [0.2, 0.25) is 0 Å². The van der Waals surface area contributed by atoms with Gasteiger partial charge >= 0.3 is 0 Å². The molecule has 4 aliphatic carbocycles. The Morgan fingerprint density at radius 2 is 2.04 bits per heavy atom. The Bertz CT molecular complexity index is 632. The molecule has 3 fully saturated rings. The van der Waals surface area contributed by atoms with Crippen LogP contribution in [0.3, 0.4) is 0 Å². The summed E-state index contributed by atoms with van der Waals surface area (Å²) >= 11 is 9.36. The first-order valence-electron chi connectivity index (χ1n) is 11.1. The van der Waals surface area contributed by atoms with Crippen molar-refractivity contribution in [3.8, 4) is 0 Å². The zero-order valence-electron chi connectivity index (χ0n) is 16.9. The average molecular weight is 409 g/mol. The first-order chi connectivity index (χ1) is 12.9. The first kappa shape index (κ1) is 20.3. The molecule has 2 nitrogen and oxygen atoms in total. The average Bonchev–Trinajstić information content (AvgIpc) is 2.93. The van der Waals surface area contributed by atoms with Gasteiger partial charge in [0.05, 0.1) is 6.10 Å². The summed E-state index contributed by atoms with van der Waals surface area (Å²) in [4.78, 5) is 12.2. The van der Waals surface area contributed by atoms with E-state index >= 15 is 0 Å². The minimum atomic E-state index is -0.135. The van der Waals surface area contributed by atoms with Crippen LogP contribution in [0.5, 0.6) is 0 Å². The number of aliphatic hydroxyl groups excluding tert-OH is 1. The molecule has 0 heterocycles. The number of hydrogen-bond acceptors (Lipinski definition) is 4. The summed E-state index contributed by atoms with van der Waals surface area (Å²) in [6.45, 7) is 4.60. The van der Waals surface area contributed by atoms with E-state index in [4.69, 9.17) is 12.6 Å². The van der Waals surface area contributed by atoms with Crippen LogP contribution < -0.4 is 0 Å². The quantitative estimate of drug-likeness (QED) is 0.565. The Morgan fingerprint density at radius 1 is 1.26 bits per heavy atom. The van der Waals surface area contributed by atoms with E-state index in [-0.39, 0.29) is 22.2 Å². The maximum atomic E-state index is 12.2. The Morgan fingerprint density at radius 3 is 2.74 bits per heavy atom. The normalized spacial score (nSPS) is 47.7. The molecule has 0 aromatic heterocycles. The van der Waals surface area contributed by atoms with E-state index < -0.39 is 0 Å². The lowest BCUT2D eigenvalue weighted by Crippen LogP contribution is -2.53. The van der Waals surface area contributed by atoms with Crippen molar-refractivity contribution in [2.45, 2.75) is 83.0 Å². The molecular formula is C23H36O2S2. The van der Waals surface area contributed by atoms with Crippen molar-refractivity contribution >= 4 is 31.0 Å². The molecule has 0 amide bonds. The highest BCUT2D eigenvalue weighted by Gasteiger charge is 2.61. The Hall–Kier alpha value is 0.0700. The van der Waals surface area contributed by atoms with Crippen molar-refractivity contribution in [3.63, 3.8) is 0 Å². The topological polar surface area (TPSA) is 37.3 Å². The van der Waals surface area contributed by atoms with Gasteiger partial charge in [-0.15, -0.1) is 0 Å². The molecule has 27 heavy (non-hydrogen) atoms.